The molecule has 72 heavy (non-hydrogen) atoms. The normalized spacial score (nSPS) is 14.3. The van der Waals surface area contributed by atoms with E-state index in [1.54, 1.807) is 7.11 Å². The topological polar surface area (TPSA) is 88.1 Å². The van der Waals surface area contributed by atoms with Gasteiger partial charge in [0.2, 0.25) is 0 Å². The fraction of sp³-hybridized carbons (Fsp3) is 0.387. The van der Waals surface area contributed by atoms with Crippen molar-refractivity contribution in [2.24, 2.45) is 0 Å². The molecule has 1 aliphatic rings. The summed E-state index contributed by atoms with van der Waals surface area (Å²) in [4.78, 5) is 2.15. The van der Waals surface area contributed by atoms with Gasteiger partial charge in [-0.2, -0.15) is 0 Å². The molecule has 0 spiro atoms. The van der Waals surface area contributed by atoms with Gasteiger partial charge in [-0.3, -0.25) is 0 Å². The maximum Gasteiger partial charge on any atom is 0.142 e. The van der Waals surface area contributed by atoms with E-state index in [1.807, 2.05) is 0 Å². The van der Waals surface area contributed by atoms with Crippen molar-refractivity contribution in [2.45, 2.75) is 39.3 Å². The SMILES string of the molecule is CC[N+](C)(C)Cc1cc(C2(c3ccc(OCCOCCOCCOC)c(N(C)C)c3)c3cc(C)ccc3-c3ccc(-c4cccc5cc6c(C)cccc6cc45)cc32)ccc1COCCOCCOCCO. The van der Waals surface area contributed by atoms with Gasteiger partial charge in [0.1, 0.15) is 18.9 Å². The first-order valence-corrected chi connectivity index (χ1v) is 25.5. The van der Waals surface area contributed by atoms with Crippen molar-refractivity contribution in [3.8, 4) is 28.0 Å². The highest BCUT2D eigenvalue weighted by atomic mass is 16.6. The fourth-order valence-electron chi connectivity index (χ4n) is 10.2. The Morgan fingerprint density at radius 3 is 1.88 bits per heavy atom. The molecule has 10 nitrogen and oxygen atoms in total. The number of hydrogen-bond acceptors (Lipinski definition) is 9. The Morgan fingerprint density at radius 1 is 0.556 bits per heavy atom. The minimum absolute atomic E-state index is 0.00389. The minimum atomic E-state index is -0.722. The van der Waals surface area contributed by atoms with Gasteiger partial charge in [0.05, 0.1) is 111 Å². The maximum atomic E-state index is 9.03. The molecule has 10 heteroatoms. The van der Waals surface area contributed by atoms with Crippen molar-refractivity contribution in [3.63, 3.8) is 0 Å². The summed E-state index contributed by atoms with van der Waals surface area (Å²) >= 11 is 0. The number of methoxy groups -OCH3 is 1. The molecule has 7 aromatic carbocycles. The number of aliphatic hydroxyl groups is 1. The number of benzene rings is 7. The molecular weight excluding hydrogens is 901 g/mol. The molecule has 0 fully saturated rings. The van der Waals surface area contributed by atoms with Gasteiger partial charge in [-0.15, -0.1) is 0 Å². The number of nitrogens with zero attached hydrogens (tertiary/aromatic N) is 2. The zero-order valence-electron chi connectivity index (χ0n) is 43.9. The van der Waals surface area contributed by atoms with E-state index in [0.29, 0.717) is 79.3 Å². The van der Waals surface area contributed by atoms with E-state index < -0.39 is 5.41 Å². The van der Waals surface area contributed by atoms with Gasteiger partial charge in [-0.25, -0.2) is 0 Å². The number of aliphatic hydroxyl groups excluding tert-OH is 1. The van der Waals surface area contributed by atoms with Crippen molar-refractivity contribution in [1.29, 1.82) is 0 Å². The van der Waals surface area contributed by atoms with Gasteiger partial charge in [0.25, 0.3) is 0 Å². The first kappa shape index (κ1) is 52.7. The van der Waals surface area contributed by atoms with Crippen molar-refractivity contribution < 1.29 is 42.7 Å². The molecule has 1 N–H and O–H groups in total. The molecule has 0 aromatic heterocycles. The van der Waals surface area contributed by atoms with E-state index >= 15 is 0 Å². The zero-order chi connectivity index (χ0) is 50.7. The van der Waals surface area contributed by atoms with Gasteiger partial charge < -0.3 is 47.6 Å². The summed E-state index contributed by atoms with van der Waals surface area (Å²) in [5.74, 6) is 0.797. The predicted molar refractivity (Wildman–Crippen MR) is 292 cm³/mol. The Hall–Kier alpha value is -5.66. The summed E-state index contributed by atoms with van der Waals surface area (Å²) in [6, 6.07) is 46.1. The Kier molecular flexibility index (Phi) is 17.8. The smallest absolute Gasteiger partial charge is 0.142 e. The molecule has 7 aromatic rings. The monoisotopic (exact) mass is 976 g/mol. The van der Waals surface area contributed by atoms with Gasteiger partial charge in [-0.1, -0.05) is 90.5 Å². The maximum absolute atomic E-state index is 9.03. The number of quaternary nitrogens is 1. The molecule has 0 bridgehead atoms. The first-order chi connectivity index (χ1) is 35.0. The van der Waals surface area contributed by atoms with E-state index in [-0.39, 0.29) is 6.61 Å². The minimum Gasteiger partial charge on any atom is -0.489 e. The van der Waals surface area contributed by atoms with Crippen LogP contribution in [0.2, 0.25) is 0 Å². The van der Waals surface area contributed by atoms with Crippen molar-refractivity contribution in [1.82, 2.24) is 0 Å². The number of fused-ring (bicyclic) bond motifs is 5. The zero-order valence-corrected chi connectivity index (χ0v) is 43.9. The van der Waals surface area contributed by atoms with E-state index in [4.69, 9.17) is 38.3 Å². The lowest BCUT2D eigenvalue weighted by Crippen LogP contribution is -2.38. The predicted octanol–water partition coefficient (Wildman–Crippen LogP) is 10.9. The standard InChI is InChI=1S/C62H75N2O8/c1-9-64(6,7)42-50-37-51(19-17-49(50)43-71-33-32-69-29-28-67-25-24-65)62(52-20-23-61(60(41-52)63(4)5)72-35-34-70-31-30-68-27-26-66-8)58-36-44(2)16-21-54(58)55-22-18-48(40-59(55)62)53-15-11-14-47-38-56-45(3)12-10-13-46(56)39-57(47)53/h10-23,36-41,65H,9,24-35,42-43H2,1-8H3/q+1. The van der Waals surface area contributed by atoms with Crippen LogP contribution < -0.4 is 9.64 Å². The molecule has 1 aliphatic carbocycles. The van der Waals surface area contributed by atoms with Crippen LogP contribution in [0, 0.1) is 13.8 Å². The summed E-state index contributed by atoms with van der Waals surface area (Å²) in [7, 11) is 10.4. The van der Waals surface area contributed by atoms with Gasteiger partial charge in [0, 0.05) is 26.8 Å². The Balaban J connectivity index is 1.27. The lowest BCUT2D eigenvalue weighted by atomic mass is 9.66. The molecule has 380 valence electrons. The van der Waals surface area contributed by atoms with Crippen LogP contribution in [0.5, 0.6) is 5.75 Å². The Morgan fingerprint density at radius 2 is 1.17 bits per heavy atom. The third-order valence-corrected chi connectivity index (χ3v) is 14.2. The average molecular weight is 976 g/mol. The second kappa shape index (κ2) is 24.4. The van der Waals surface area contributed by atoms with Crippen LogP contribution in [0.1, 0.15) is 51.4 Å². The van der Waals surface area contributed by atoms with Gasteiger partial charge >= 0.3 is 0 Å². The summed E-state index contributed by atoms with van der Waals surface area (Å²) in [5, 5.41) is 14.0. The van der Waals surface area contributed by atoms with E-state index in [0.717, 1.165) is 40.1 Å². The number of hydrogen-bond donors (Lipinski definition) is 1. The van der Waals surface area contributed by atoms with Crippen LogP contribution in [0.4, 0.5) is 5.69 Å². The van der Waals surface area contributed by atoms with Crippen molar-refractivity contribution in [2.75, 3.05) is 126 Å². The molecule has 1 atom stereocenters. The Bertz CT molecular complexity index is 2930. The van der Waals surface area contributed by atoms with Crippen molar-refractivity contribution in [3.05, 3.63) is 166 Å². The van der Waals surface area contributed by atoms with E-state index in [1.165, 1.54) is 77.2 Å². The molecule has 1 unspecified atom stereocenters. The summed E-state index contributed by atoms with van der Waals surface area (Å²) in [6.07, 6.45) is 0. The summed E-state index contributed by atoms with van der Waals surface area (Å²) in [6.45, 7) is 14.0. The highest BCUT2D eigenvalue weighted by Gasteiger charge is 2.47. The highest BCUT2D eigenvalue weighted by Crippen LogP contribution is 2.58. The molecule has 8 rings (SSSR count). The van der Waals surface area contributed by atoms with Gasteiger partial charge in [0.15, 0.2) is 0 Å². The molecule has 0 aliphatic heterocycles. The second-order valence-electron chi connectivity index (χ2n) is 19.8. The number of rotatable bonds is 27. The van der Waals surface area contributed by atoms with Gasteiger partial charge in [-0.05, 0) is 134 Å². The van der Waals surface area contributed by atoms with E-state index in [2.05, 4.69) is 175 Å². The second-order valence-corrected chi connectivity index (χ2v) is 19.8. The Labute approximate surface area is 427 Å². The average Bonchev–Trinajstić information content (AvgIpc) is 3.66. The van der Waals surface area contributed by atoms with Crippen LogP contribution in [0.15, 0.2) is 121 Å². The molecule has 0 heterocycles. The molecule has 0 radical (unpaired) electrons. The fourth-order valence-corrected chi connectivity index (χ4v) is 10.2. The van der Waals surface area contributed by atoms with Crippen LogP contribution in [0.3, 0.4) is 0 Å². The molecule has 0 amide bonds. The summed E-state index contributed by atoms with van der Waals surface area (Å²) < 4.78 is 41.4. The van der Waals surface area contributed by atoms with Crippen molar-refractivity contribution >= 4 is 27.2 Å². The summed E-state index contributed by atoms with van der Waals surface area (Å²) in [5.41, 5.74) is 14.9. The third-order valence-electron chi connectivity index (χ3n) is 14.2. The first-order valence-electron chi connectivity index (χ1n) is 25.5. The quantitative estimate of drug-likeness (QED) is 0.0307. The van der Waals surface area contributed by atoms with Crippen LogP contribution in [-0.4, -0.2) is 131 Å². The number of aryl methyl sites for hydroxylation is 2. The molecular formula is C62H75N2O8+. The largest absolute Gasteiger partial charge is 0.489 e. The molecule has 0 saturated heterocycles. The number of anilines is 1. The third kappa shape index (κ3) is 11.7. The lowest BCUT2D eigenvalue weighted by Gasteiger charge is -2.36. The number of ether oxygens (including phenoxy) is 7. The van der Waals surface area contributed by atoms with Crippen LogP contribution in [-0.2, 0) is 47.0 Å². The van der Waals surface area contributed by atoms with Crippen LogP contribution >= 0.6 is 0 Å². The van der Waals surface area contributed by atoms with E-state index in [9.17, 15) is 0 Å². The lowest BCUT2D eigenvalue weighted by molar-refractivity contribution is -0.901. The molecule has 0 saturated carbocycles. The van der Waals surface area contributed by atoms with Crippen LogP contribution in [0.25, 0.3) is 43.8 Å². The highest BCUT2D eigenvalue weighted by molar-refractivity contribution is 6.06.